The van der Waals surface area contributed by atoms with Gasteiger partial charge >= 0.3 is 0 Å². The second-order valence-electron chi connectivity index (χ2n) is 4.70. The number of rotatable bonds is 0. The molecule has 55 valence electrons. The third-order valence-corrected chi connectivity index (χ3v) is 3.99. The van der Waals surface area contributed by atoms with Gasteiger partial charge in [0, 0.05) is 5.54 Å². The fraction of sp³-hybridized carbons (Fsp3) is 1.00. The van der Waals surface area contributed by atoms with Crippen molar-refractivity contribution in [2.75, 3.05) is 0 Å². The zero-order chi connectivity index (χ0) is 6.77. The Balaban J connectivity index is 2.04. The minimum atomic E-state index is 0.0770. The second kappa shape index (κ2) is 1.42. The summed E-state index contributed by atoms with van der Waals surface area (Å²) in [4.78, 5) is 0. The summed E-state index contributed by atoms with van der Waals surface area (Å²) in [7, 11) is 0. The summed E-state index contributed by atoms with van der Waals surface area (Å²) in [6.07, 6.45) is 6.76. The molecule has 0 saturated heterocycles. The first-order valence-corrected chi connectivity index (χ1v) is 4.51. The lowest BCUT2D eigenvalue weighted by Gasteiger charge is -2.27. The Kier molecular flexibility index (Phi) is 0.797. The Morgan fingerprint density at radius 1 is 1.00 bits per heavy atom. The molecule has 0 aliphatic heterocycles. The molecule has 0 aromatic rings. The molecule has 1 N–H and O–H groups in total. The van der Waals surface area contributed by atoms with Crippen molar-refractivity contribution in [3.63, 3.8) is 0 Å². The molecule has 4 bridgehead atoms. The van der Waals surface area contributed by atoms with Gasteiger partial charge in [-0.3, -0.25) is 5.73 Å². The van der Waals surface area contributed by atoms with E-state index in [1.165, 1.54) is 32.1 Å². The highest BCUT2D eigenvalue weighted by Gasteiger charge is 2.55. The highest BCUT2D eigenvalue weighted by molar-refractivity contribution is 5.10. The third-order valence-electron chi connectivity index (χ3n) is 3.99. The Morgan fingerprint density at radius 3 is 2.00 bits per heavy atom. The summed E-state index contributed by atoms with van der Waals surface area (Å²) in [5, 5.41) is 0. The van der Waals surface area contributed by atoms with Crippen molar-refractivity contribution in [1.29, 1.82) is 0 Å². The molecule has 0 aromatic heterocycles. The Bertz CT molecular complexity index is 162. The number of hydrogen-bond donors (Lipinski definition) is 0. The molecule has 1 nitrogen and oxygen atoms in total. The highest BCUT2D eigenvalue weighted by atomic mass is 14.8. The lowest BCUT2D eigenvalue weighted by Crippen LogP contribution is -2.31. The van der Waals surface area contributed by atoms with E-state index in [0.717, 1.165) is 17.8 Å². The molecule has 0 spiro atoms. The standard InChI is InChI=1S/C9H14N/c10-9-4-6-1-7(5-9)3-8(9)2-6/h6-8,10H,1-5H2. The van der Waals surface area contributed by atoms with Gasteiger partial charge in [-0.2, -0.15) is 0 Å². The van der Waals surface area contributed by atoms with Crippen LogP contribution in [0.1, 0.15) is 32.1 Å². The molecule has 2 unspecified atom stereocenters. The summed E-state index contributed by atoms with van der Waals surface area (Å²) in [6, 6.07) is 0. The van der Waals surface area contributed by atoms with E-state index in [0.29, 0.717) is 0 Å². The first-order chi connectivity index (χ1) is 4.76. The molecule has 10 heavy (non-hydrogen) atoms. The van der Waals surface area contributed by atoms with Crippen LogP contribution in [0.4, 0.5) is 0 Å². The molecule has 1 heteroatoms. The summed E-state index contributed by atoms with van der Waals surface area (Å²) in [6.45, 7) is 0. The number of hydrogen-bond acceptors (Lipinski definition) is 0. The van der Waals surface area contributed by atoms with Crippen molar-refractivity contribution in [3.05, 3.63) is 0 Å². The fourth-order valence-electron chi connectivity index (χ4n) is 3.80. The van der Waals surface area contributed by atoms with Crippen LogP contribution in [0.2, 0.25) is 0 Å². The molecule has 0 aromatic carbocycles. The highest BCUT2D eigenvalue weighted by Crippen LogP contribution is 2.59. The zero-order valence-corrected chi connectivity index (χ0v) is 6.27. The normalized spacial score (nSPS) is 63.9. The molecule has 2 atom stereocenters. The number of nitrogens with one attached hydrogen (secondary N) is 1. The summed E-state index contributed by atoms with van der Waals surface area (Å²) >= 11 is 0. The van der Waals surface area contributed by atoms with Gasteiger partial charge in [-0.05, 0) is 49.9 Å². The predicted molar refractivity (Wildman–Crippen MR) is 39.4 cm³/mol. The topological polar surface area (TPSA) is 23.8 Å². The quantitative estimate of drug-likeness (QED) is 0.485. The van der Waals surface area contributed by atoms with E-state index in [-0.39, 0.29) is 5.54 Å². The van der Waals surface area contributed by atoms with E-state index in [1.807, 2.05) is 0 Å². The van der Waals surface area contributed by atoms with Gasteiger partial charge < -0.3 is 0 Å². The molecule has 4 rings (SSSR count). The molecule has 4 saturated carbocycles. The fourth-order valence-corrected chi connectivity index (χ4v) is 3.80. The molecular weight excluding hydrogens is 122 g/mol. The smallest absolute Gasteiger partial charge is 0.0357 e. The summed E-state index contributed by atoms with van der Waals surface area (Å²) in [5.74, 6) is 2.75. The van der Waals surface area contributed by atoms with E-state index >= 15 is 0 Å². The molecule has 4 fully saturated rings. The van der Waals surface area contributed by atoms with Crippen molar-refractivity contribution in [2.24, 2.45) is 17.8 Å². The molecule has 1 radical (unpaired) electrons. The van der Waals surface area contributed by atoms with Gasteiger partial charge in [0.25, 0.3) is 0 Å². The van der Waals surface area contributed by atoms with E-state index in [9.17, 15) is 0 Å². The first kappa shape index (κ1) is 5.59. The maximum Gasteiger partial charge on any atom is 0.0357 e. The Morgan fingerprint density at radius 2 is 1.60 bits per heavy atom. The van der Waals surface area contributed by atoms with Crippen molar-refractivity contribution in [2.45, 2.75) is 37.6 Å². The monoisotopic (exact) mass is 136 g/mol. The van der Waals surface area contributed by atoms with Crippen molar-refractivity contribution in [1.82, 2.24) is 5.73 Å². The van der Waals surface area contributed by atoms with Gasteiger partial charge in [0.1, 0.15) is 0 Å². The van der Waals surface area contributed by atoms with Gasteiger partial charge in [-0.15, -0.1) is 0 Å². The first-order valence-electron chi connectivity index (χ1n) is 4.51. The molecule has 0 amide bonds. The summed E-state index contributed by atoms with van der Waals surface area (Å²) in [5.41, 5.74) is 8.24. The summed E-state index contributed by atoms with van der Waals surface area (Å²) < 4.78 is 0. The Hall–Kier alpha value is -0.0400. The van der Waals surface area contributed by atoms with Crippen LogP contribution < -0.4 is 5.73 Å². The Labute approximate surface area is 62.0 Å². The van der Waals surface area contributed by atoms with Crippen molar-refractivity contribution in [3.8, 4) is 0 Å². The maximum atomic E-state index is 8.16. The van der Waals surface area contributed by atoms with Gasteiger partial charge in [0.05, 0.1) is 0 Å². The van der Waals surface area contributed by atoms with E-state index in [1.54, 1.807) is 0 Å². The van der Waals surface area contributed by atoms with E-state index < -0.39 is 0 Å². The van der Waals surface area contributed by atoms with Gasteiger partial charge in [-0.25, -0.2) is 0 Å². The van der Waals surface area contributed by atoms with Gasteiger partial charge in [-0.1, -0.05) is 0 Å². The minimum absolute atomic E-state index is 0.0770. The zero-order valence-electron chi connectivity index (χ0n) is 6.27. The molecular formula is C9H14N. The average Bonchev–Trinajstić information content (AvgIpc) is 2.14. The van der Waals surface area contributed by atoms with Crippen molar-refractivity contribution < 1.29 is 0 Å². The van der Waals surface area contributed by atoms with Crippen LogP contribution in [0, 0.1) is 17.8 Å². The third kappa shape index (κ3) is 0.493. The second-order valence-corrected chi connectivity index (χ2v) is 4.70. The van der Waals surface area contributed by atoms with Gasteiger partial charge in [0.2, 0.25) is 0 Å². The van der Waals surface area contributed by atoms with Crippen LogP contribution >= 0.6 is 0 Å². The average molecular weight is 136 g/mol. The van der Waals surface area contributed by atoms with Crippen LogP contribution in [-0.4, -0.2) is 5.54 Å². The van der Waals surface area contributed by atoms with E-state index in [4.69, 9.17) is 5.73 Å². The molecule has 4 aliphatic carbocycles. The predicted octanol–water partition coefficient (Wildman–Crippen LogP) is 1.85. The van der Waals surface area contributed by atoms with Crippen LogP contribution in [0.15, 0.2) is 0 Å². The molecule has 0 heterocycles. The molecule has 4 aliphatic rings. The van der Waals surface area contributed by atoms with Gasteiger partial charge in [0.15, 0.2) is 0 Å². The lowest BCUT2D eigenvalue weighted by atomic mass is 9.81. The van der Waals surface area contributed by atoms with Crippen LogP contribution in [0.25, 0.3) is 0 Å². The SMILES string of the molecule is [NH]C12CC3CC(CC1C3)C2. The maximum absolute atomic E-state index is 8.16. The lowest BCUT2D eigenvalue weighted by molar-refractivity contribution is 0.264. The largest absolute Gasteiger partial charge is 0.251 e. The van der Waals surface area contributed by atoms with E-state index in [2.05, 4.69) is 0 Å². The van der Waals surface area contributed by atoms with Crippen LogP contribution in [0.5, 0.6) is 0 Å². The van der Waals surface area contributed by atoms with Crippen molar-refractivity contribution >= 4 is 0 Å². The van der Waals surface area contributed by atoms with Crippen LogP contribution in [-0.2, 0) is 0 Å². The van der Waals surface area contributed by atoms with Crippen LogP contribution in [0.3, 0.4) is 0 Å². The minimum Gasteiger partial charge on any atom is -0.251 e.